The summed E-state index contributed by atoms with van der Waals surface area (Å²) >= 11 is 1.56. The number of carbonyl (C=O) groups excluding carboxylic acids is 1. The van der Waals surface area contributed by atoms with Gasteiger partial charge < -0.3 is 10.1 Å². The standard InChI is InChI=1S/C15H18N2O2S/c1-10(13-6-4-5-7-14(13)19-3)16-15(18)8-12-9-20-11(2)17-12/h4-7,9-10H,8H2,1-3H3,(H,16,18). The van der Waals surface area contributed by atoms with Crippen LogP contribution in [-0.2, 0) is 11.2 Å². The molecule has 1 N–H and O–H groups in total. The molecule has 0 aliphatic heterocycles. The average molecular weight is 290 g/mol. The van der Waals surface area contributed by atoms with E-state index in [-0.39, 0.29) is 11.9 Å². The van der Waals surface area contributed by atoms with E-state index in [1.54, 1.807) is 18.4 Å². The Labute approximate surface area is 122 Å². The van der Waals surface area contributed by atoms with Crippen LogP contribution in [0.2, 0.25) is 0 Å². The van der Waals surface area contributed by atoms with Crippen LogP contribution in [0.3, 0.4) is 0 Å². The lowest BCUT2D eigenvalue weighted by molar-refractivity contribution is -0.121. The van der Waals surface area contributed by atoms with Crippen molar-refractivity contribution in [3.05, 3.63) is 45.9 Å². The van der Waals surface area contributed by atoms with Gasteiger partial charge in [0.05, 0.1) is 30.3 Å². The normalized spacial score (nSPS) is 11.9. The van der Waals surface area contributed by atoms with E-state index in [2.05, 4.69) is 10.3 Å². The number of thiazole rings is 1. The lowest BCUT2D eigenvalue weighted by atomic mass is 10.1. The first kappa shape index (κ1) is 14.5. The van der Waals surface area contributed by atoms with Crippen LogP contribution in [0.4, 0.5) is 0 Å². The first-order chi connectivity index (χ1) is 9.60. The molecule has 1 aromatic heterocycles. The van der Waals surface area contributed by atoms with Crippen LogP contribution in [0, 0.1) is 6.92 Å². The second kappa shape index (κ2) is 6.52. The molecule has 1 aromatic carbocycles. The van der Waals surface area contributed by atoms with Gasteiger partial charge in [0.2, 0.25) is 5.91 Å². The van der Waals surface area contributed by atoms with Gasteiger partial charge in [0.15, 0.2) is 0 Å². The molecule has 0 spiro atoms. The highest BCUT2D eigenvalue weighted by atomic mass is 32.1. The fourth-order valence-corrected chi connectivity index (χ4v) is 2.66. The van der Waals surface area contributed by atoms with Crippen molar-refractivity contribution in [1.82, 2.24) is 10.3 Å². The molecule has 1 heterocycles. The Morgan fingerprint density at radius 2 is 2.20 bits per heavy atom. The number of nitrogens with zero attached hydrogens (tertiary/aromatic N) is 1. The monoisotopic (exact) mass is 290 g/mol. The fourth-order valence-electron chi connectivity index (χ4n) is 2.05. The predicted molar refractivity (Wildman–Crippen MR) is 80.1 cm³/mol. The zero-order valence-corrected chi connectivity index (χ0v) is 12.7. The molecule has 1 amide bonds. The Hall–Kier alpha value is -1.88. The highest BCUT2D eigenvalue weighted by Crippen LogP contribution is 2.24. The molecular formula is C15H18N2O2S. The maximum absolute atomic E-state index is 12.0. The van der Waals surface area contributed by atoms with Crippen molar-refractivity contribution in [3.8, 4) is 5.75 Å². The topological polar surface area (TPSA) is 51.2 Å². The molecule has 2 aromatic rings. The minimum Gasteiger partial charge on any atom is -0.496 e. The van der Waals surface area contributed by atoms with Crippen LogP contribution in [0.5, 0.6) is 5.75 Å². The van der Waals surface area contributed by atoms with Crippen molar-refractivity contribution < 1.29 is 9.53 Å². The van der Waals surface area contributed by atoms with Gasteiger partial charge in [0, 0.05) is 10.9 Å². The minimum atomic E-state index is -0.0987. The van der Waals surface area contributed by atoms with Gasteiger partial charge in [-0.1, -0.05) is 18.2 Å². The zero-order valence-electron chi connectivity index (χ0n) is 11.8. The third-order valence-corrected chi connectivity index (χ3v) is 3.81. The molecule has 4 nitrogen and oxygen atoms in total. The highest BCUT2D eigenvalue weighted by molar-refractivity contribution is 7.09. The van der Waals surface area contributed by atoms with E-state index < -0.39 is 0 Å². The number of methoxy groups -OCH3 is 1. The smallest absolute Gasteiger partial charge is 0.226 e. The van der Waals surface area contributed by atoms with E-state index in [0.29, 0.717) is 6.42 Å². The van der Waals surface area contributed by atoms with E-state index >= 15 is 0 Å². The Kier molecular flexibility index (Phi) is 4.74. The summed E-state index contributed by atoms with van der Waals surface area (Å²) in [4.78, 5) is 16.3. The molecule has 2 rings (SSSR count). The average Bonchev–Trinajstić information content (AvgIpc) is 2.83. The lowest BCUT2D eigenvalue weighted by Crippen LogP contribution is -2.28. The summed E-state index contributed by atoms with van der Waals surface area (Å²) in [6.07, 6.45) is 0.309. The highest BCUT2D eigenvalue weighted by Gasteiger charge is 2.14. The third kappa shape index (κ3) is 3.57. The van der Waals surface area contributed by atoms with Crippen molar-refractivity contribution in [3.63, 3.8) is 0 Å². The van der Waals surface area contributed by atoms with Gasteiger partial charge in [-0.15, -0.1) is 11.3 Å². The number of benzene rings is 1. The van der Waals surface area contributed by atoms with E-state index in [1.165, 1.54) is 0 Å². The number of rotatable bonds is 5. The third-order valence-electron chi connectivity index (χ3n) is 2.99. The first-order valence-corrected chi connectivity index (χ1v) is 7.31. The van der Waals surface area contributed by atoms with Crippen LogP contribution in [0.25, 0.3) is 0 Å². The maximum Gasteiger partial charge on any atom is 0.226 e. The number of nitrogens with one attached hydrogen (secondary N) is 1. The molecule has 0 radical (unpaired) electrons. The molecule has 0 aliphatic rings. The molecule has 0 aliphatic carbocycles. The minimum absolute atomic E-state index is 0.0336. The van der Waals surface area contributed by atoms with Crippen molar-refractivity contribution >= 4 is 17.2 Å². The summed E-state index contributed by atoms with van der Waals surface area (Å²) in [7, 11) is 1.63. The van der Waals surface area contributed by atoms with Gasteiger partial charge in [-0.3, -0.25) is 4.79 Å². The van der Waals surface area contributed by atoms with Crippen LogP contribution in [0.1, 0.15) is 29.2 Å². The summed E-state index contributed by atoms with van der Waals surface area (Å²) < 4.78 is 5.31. The number of aromatic nitrogens is 1. The molecule has 0 saturated carbocycles. The van der Waals surface area contributed by atoms with Crippen molar-refractivity contribution in [2.24, 2.45) is 0 Å². The van der Waals surface area contributed by atoms with Crippen LogP contribution >= 0.6 is 11.3 Å². The maximum atomic E-state index is 12.0. The Morgan fingerprint density at radius 3 is 2.85 bits per heavy atom. The lowest BCUT2D eigenvalue weighted by Gasteiger charge is -2.16. The van der Waals surface area contributed by atoms with E-state index in [0.717, 1.165) is 22.0 Å². The Morgan fingerprint density at radius 1 is 1.45 bits per heavy atom. The van der Waals surface area contributed by atoms with Gasteiger partial charge >= 0.3 is 0 Å². The number of carbonyl (C=O) groups is 1. The summed E-state index contributed by atoms with van der Waals surface area (Å²) in [5.41, 5.74) is 1.79. The molecule has 1 unspecified atom stereocenters. The number of para-hydroxylation sites is 1. The van der Waals surface area contributed by atoms with Gasteiger partial charge in [0.1, 0.15) is 5.75 Å². The summed E-state index contributed by atoms with van der Waals surface area (Å²) in [5, 5.41) is 5.87. The summed E-state index contributed by atoms with van der Waals surface area (Å²) in [6.45, 7) is 3.88. The number of hydrogen-bond acceptors (Lipinski definition) is 4. The van der Waals surface area contributed by atoms with Gasteiger partial charge in [-0.05, 0) is 19.9 Å². The summed E-state index contributed by atoms with van der Waals surface area (Å²) in [5.74, 6) is 0.749. The molecule has 0 bridgehead atoms. The van der Waals surface area contributed by atoms with Gasteiger partial charge in [-0.2, -0.15) is 0 Å². The second-order valence-electron chi connectivity index (χ2n) is 4.57. The SMILES string of the molecule is COc1ccccc1C(C)NC(=O)Cc1csc(C)n1. The van der Waals surface area contributed by atoms with Gasteiger partial charge in [0.25, 0.3) is 0 Å². The molecular weight excluding hydrogens is 272 g/mol. The van der Waals surface area contributed by atoms with E-state index in [1.807, 2.05) is 43.5 Å². The van der Waals surface area contributed by atoms with Crippen molar-refractivity contribution in [2.45, 2.75) is 26.3 Å². The molecule has 0 saturated heterocycles. The molecule has 1 atom stereocenters. The predicted octanol–water partition coefficient (Wildman–Crippen LogP) is 2.88. The largest absolute Gasteiger partial charge is 0.496 e. The van der Waals surface area contributed by atoms with E-state index in [9.17, 15) is 4.79 Å². The van der Waals surface area contributed by atoms with Crippen LogP contribution in [-0.4, -0.2) is 18.0 Å². The van der Waals surface area contributed by atoms with Crippen molar-refractivity contribution in [2.75, 3.05) is 7.11 Å². The number of aryl methyl sites for hydroxylation is 1. The molecule has 106 valence electrons. The summed E-state index contributed by atoms with van der Waals surface area (Å²) in [6, 6.07) is 7.59. The quantitative estimate of drug-likeness (QED) is 0.921. The molecule has 5 heteroatoms. The van der Waals surface area contributed by atoms with Crippen molar-refractivity contribution in [1.29, 1.82) is 0 Å². The zero-order chi connectivity index (χ0) is 14.5. The Balaban J connectivity index is 2.00. The number of hydrogen-bond donors (Lipinski definition) is 1. The van der Waals surface area contributed by atoms with Crippen LogP contribution in [0.15, 0.2) is 29.6 Å². The molecule has 0 fully saturated rings. The van der Waals surface area contributed by atoms with Crippen LogP contribution < -0.4 is 10.1 Å². The first-order valence-electron chi connectivity index (χ1n) is 6.43. The molecule has 20 heavy (non-hydrogen) atoms. The fraction of sp³-hybridized carbons (Fsp3) is 0.333. The van der Waals surface area contributed by atoms with Gasteiger partial charge in [-0.25, -0.2) is 4.98 Å². The number of ether oxygens (including phenoxy) is 1. The number of amides is 1. The van der Waals surface area contributed by atoms with E-state index in [4.69, 9.17) is 4.74 Å². The Bertz CT molecular complexity index is 595. The second-order valence-corrected chi connectivity index (χ2v) is 5.63.